The lowest BCUT2D eigenvalue weighted by Gasteiger charge is -2.29. The molecule has 0 aliphatic carbocycles. The summed E-state index contributed by atoms with van der Waals surface area (Å²) in [6.07, 6.45) is 0. The summed E-state index contributed by atoms with van der Waals surface area (Å²) in [4.78, 5) is 34.8. The Kier molecular flexibility index (Phi) is 2.97. The molecule has 0 spiro atoms. The lowest BCUT2D eigenvalue weighted by atomic mass is 10.1. The topological polar surface area (TPSA) is 78.5 Å². The van der Waals surface area contributed by atoms with Crippen LogP contribution in [0.5, 0.6) is 0 Å². The summed E-state index contributed by atoms with van der Waals surface area (Å²) in [5.74, 6) is -0.898. The Hall–Kier alpha value is -1.59. The van der Waals surface area contributed by atoms with Gasteiger partial charge in [0.2, 0.25) is 11.8 Å². The number of amides is 4. The second kappa shape index (κ2) is 3.88. The van der Waals surface area contributed by atoms with Gasteiger partial charge in [-0.1, -0.05) is 0 Å². The number of piperazine rings is 1. The summed E-state index contributed by atoms with van der Waals surface area (Å²) in [5.41, 5.74) is -0.381. The quantitative estimate of drug-likeness (QED) is 0.530. The van der Waals surface area contributed by atoms with Crippen molar-refractivity contribution in [3.05, 3.63) is 0 Å². The maximum absolute atomic E-state index is 11.6. The van der Waals surface area contributed by atoms with Crippen molar-refractivity contribution in [1.82, 2.24) is 15.5 Å². The Bertz CT molecular complexity index is 290. The van der Waals surface area contributed by atoms with E-state index in [0.717, 1.165) is 0 Å². The Labute approximate surface area is 88.0 Å². The van der Waals surface area contributed by atoms with Crippen molar-refractivity contribution < 1.29 is 14.4 Å². The number of carbonyl (C=O) groups excluding carboxylic acids is 3. The lowest BCUT2D eigenvalue weighted by molar-refractivity contribution is -0.134. The van der Waals surface area contributed by atoms with Gasteiger partial charge in [-0.15, -0.1) is 0 Å². The van der Waals surface area contributed by atoms with Gasteiger partial charge >= 0.3 is 6.03 Å². The molecule has 0 aromatic carbocycles. The number of hydrogen-bond acceptors (Lipinski definition) is 3. The number of nitrogens with zero attached hydrogens (tertiary/aromatic N) is 1. The Morgan fingerprint density at radius 1 is 1.27 bits per heavy atom. The molecule has 0 saturated carbocycles. The Morgan fingerprint density at radius 3 is 2.13 bits per heavy atom. The molecular formula is C9H15N3O3. The van der Waals surface area contributed by atoms with Crippen LogP contribution in [0.4, 0.5) is 4.79 Å². The SMILES string of the molecule is CC(C)(C)NC(=O)N1CC(=O)NC(=O)C1. The molecule has 6 heteroatoms. The van der Waals surface area contributed by atoms with Crippen LogP contribution < -0.4 is 10.6 Å². The average molecular weight is 213 g/mol. The predicted molar refractivity (Wildman–Crippen MR) is 53.0 cm³/mol. The normalized spacial score (nSPS) is 17.4. The predicted octanol–water partition coefficient (Wildman–Crippen LogP) is -0.547. The van der Waals surface area contributed by atoms with E-state index in [1.54, 1.807) is 0 Å². The zero-order valence-electron chi connectivity index (χ0n) is 9.09. The van der Waals surface area contributed by atoms with Crippen molar-refractivity contribution in [2.45, 2.75) is 26.3 Å². The maximum atomic E-state index is 11.6. The van der Waals surface area contributed by atoms with E-state index in [1.807, 2.05) is 20.8 Å². The van der Waals surface area contributed by atoms with Crippen LogP contribution in [0.15, 0.2) is 0 Å². The zero-order valence-corrected chi connectivity index (χ0v) is 9.09. The van der Waals surface area contributed by atoms with Crippen molar-refractivity contribution in [2.75, 3.05) is 13.1 Å². The van der Waals surface area contributed by atoms with Gasteiger partial charge in [0.05, 0.1) is 0 Å². The fourth-order valence-electron chi connectivity index (χ4n) is 1.18. The molecule has 2 N–H and O–H groups in total. The van der Waals surface area contributed by atoms with Gasteiger partial charge in [0, 0.05) is 5.54 Å². The van der Waals surface area contributed by atoms with Crippen LogP contribution in [0, 0.1) is 0 Å². The second-order valence-electron chi connectivity index (χ2n) is 4.51. The number of rotatable bonds is 0. The molecule has 0 aromatic heterocycles. The summed E-state index contributed by atoms with van der Waals surface area (Å²) in [7, 11) is 0. The number of imide groups is 1. The van der Waals surface area contributed by atoms with Crippen LogP contribution in [-0.2, 0) is 9.59 Å². The molecular weight excluding hydrogens is 198 g/mol. The third-order valence-corrected chi connectivity index (χ3v) is 1.72. The van der Waals surface area contributed by atoms with Gasteiger partial charge in [-0.05, 0) is 20.8 Å². The molecule has 0 unspecified atom stereocenters. The zero-order chi connectivity index (χ0) is 11.6. The van der Waals surface area contributed by atoms with Crippen LogP contribution in [0.1, 0.15) is 20.8 Å². The molecule has 84 valence electrons. The minimum atomic E-state index is -0.449. The van der Waals surface area contributed by atoms with Gasteiger partial charge in [0.15, 0.2) is 0 Å². The monoisotopic (exact) mass is 213 g/mol. The smallest absolute Gasteiger partial charge is 0.318 e. The van der Waals surface area contributed by atoms with Crippen LogP contribution in [0.25, 0.3) is 0 Å². The molecule has 0 aromatic rings. The molecule has 6 nitrogen and oxygen atoms in total. The summed E-state index contributed by atoms with van der Waals surface area (Å²) in [6.45, 7) is 5.34. The van der Waals surface area contributed by atoms with E-state index in [1.165, 1.54) is 4.90 Å². The molecule has 1 rings (SSSR count). The standard InChI is InChI=1S/C9H15N3O3/c1-9(2,3)11-8(15)12-4-6(13)10-7(14)5-12/h4-5H2,1-3H3,(H,11,15)(H,10,13,14). The molecule has 4 amide bonds. The van der Waals surface area contributed by atoms with Crippen molar-refractivity contribution in [3.63, 3.8) is 0 Å². The summed E-state index contributed by atoms with van der Waals surface area (Å²) < 4.78 is 0. The Morgan fingerprint density at radius 2 is 1.73 bits per heavy atom. The van der Waals surface area contributed by atoms with Crippen LogP contribution >= 0.6 is 0 Å². The van der Waals surface area contributed by atoms with Gasteiger partial charge < -0.3 is 10.2 Å². The fraction of sp³-hybridized carbons (Fsp3) is 0.667. The Balaban J connectivity index is 2.60. The van der Waals surface area contributed by atoms with E-state index in [2.05, 4.69) is 10.6 Å². The van der Waals surface area contributed by atoms with Crippen molar-refractivity contribution in [2.24, 2.45) is 0 Å². The summed E-state index contributed by atoms with van der Waals surface area (Å²) >= 11 is 0. The first kappa shape index (κ1) is 11.5. The van der Waals surface area contributed by atoms with Gasteiger partial charge in [-0.25, -0.2) is 4.79 Å². The fourth-order valence-corrected chi connectivity index (χ4v) is 1.18. The highest BCUT2D eigenvalue weighted by atomic mass is 16.2. The minimum absolute atomic E-state index is 0.0757. The molecule has 1 fully saturated rings. The molecule has 1 saturated heterocycles. The largest absolute Gasteiger partial charge is 0.333 e. The lowest BCUT2D eigenvalue weighted by Crippen LogP contribution is -2.58. The van der Waals surface area contributed by atoms with Crippen LogP contribution in [-0.4, -0.2) is 41.4 Å². The molecule has 1 aliphatic rings. The van der Waals surface area contributed by atoms with E-state index in [9.17, 15) is 14.4 Å². The number of nitrogens with one attached hydrogen (secondary N) is 2. The number of carbonyl (C=O) groups is 3. The molecule has 1 aliphatic heterocycles. The molecule has 1 heterocycles. The first-order valence-electron chi connectivity index (χ1n) is 4.68. The van der Waals surface area contributed by atoms with E-state index in [-0.39, 0.29) is 18.6 Å². The number of hydrogen-bond donors (Lipinski definition) is 2. The van der Waals surface area contributed by atoms with E-state index < -0.39 is 17.8 Å². The van der Waals surface area contributed by atoms with Gasteiger partial charge in [-0.3, -0.25) is 14.9 Å². The molecule has 15 heavy (non-hydrogen) atoms. The van der Waals surface area contributed by atoms with Crippen LogP contribution in [0.3, 0.4) is 0 Å². The summed E-state index contributed by atoms with van der Waals surface area (Å²) in [6, 6.07) is -0.397. The van der Waals surface area contributed by atoms with Crippen LogP contribution in [0.2, 0.25) is 0 Å². The van der Waals surface area contributed by atoms with Gasteiger partial charge in [-0.2, -0.15) is 0 Å². The van der Waals surface area contributed by atoms with E-state index in [0.29, 0.717) is 0 Å². The third-order valence-electron chi connectivity index (χ3n) is 1.72. The highest BCUT2D eigenvalue weighted by Gasteiger charge is 2.28. The number of urea groups is 1. The maximum Gasteiger partial charge on any atom is 0.318 e. The van der Waals surface area contributed by atoms with Crippen molar-refractivity contribution in [3.8, 4) is 0 Å². The first-order valence-corrected chi connectivity index (χ1v) is 4.68. The van der Waals surface area contributed by atoms with E-state index >= 15 is 0 Å². The highest BCUT2D eigenvalue weighted by molar-refractivity contribution is 6.02. The summed E-state index contributed by atoms with van der Waals surface area (Å²) in [5, 5.41) is 4.81. The first-order chi connectivity index (χ1) is 6.78. The van der Waals surface area contributed by atoms with E-state index in [4.69, 9.17) is 0 Å². The molecule has 0 bridgehead atoms. The molecule has 0 atom stereocenters. The van der Waals surface area contributed by atoms with Gasteiger partial charge in [0.25, 0.3) is 0 Å². The third kappa shape index (κ3) is 3.57. The van der Waals surface area contributed by atoms with Crippen molar-refractivity contribution in [1.29, 1.82) is 0 Å². The highest BCUT2D eigenvalue weighted by Crippen LogP contribution is 2.02. The van der Waals surface area contributed by atoms with Crippen molar-refractivity contribution >= 4 is 17.8 Å². The minimum Gasteiger partial charge on any atom is -0.333 e. The average Bonchev–Trinajstić information content (AvgIpc) is 1.98. The second-order valence-corrected chi connectivity index (χ2v) is 4.51. The van der Waals surface area contributed by atoms with Gasteiger partial charge in [0.1, 0.15) is 13.1 Å². The molecule has 0 radical (unpaired) electrons.